The zero-order valence-corrected chi connectivity index (χ0v) is 6.39. The number of H-pyrrole nitrogens is 1. The summed E-state index contributed by atoms with van der Waals surface area (Å²) in [6.45, 7) is 0.502. The van der Waals surface area contributed by atoms with E-state index in [-0.39, 0.29) is 5.91 Å². The summed E-state index contributed by atoms with van der Waals surface area (Å²) in [5, 5.41) is 2.69. The molecule has 12 heavy (non-hydrogen) atoms. The van der Waals surface area contributed by atoms with Crippen LogP contribution in [-0.4, -0.2) is 17.2 Å². The highest BCUT2D eigenvalue weighted by Crippen LogP contribution is 2.13. The van der Waals surface area contributed by atoms with Crippen LogP contribution in [-0.2, 0) is 17.8 Å². The molecule has 1 aromatic rings. The van der Waals surface area contributed by atoms with Crippen LogP contribution in [0.25, 0.3) is 0 Å². The number of amides is 1. The Kier molecular flexibility index (Phi) is 1.46. The fourth-order valence-electron chi connectivity index (χ4n) is 1.37. The van der Waals surface area contributed by atoms with Gasteiger partial charge in [-0.05, 0) is 11.6 Å². The maximum Gasteiger partial charge on any atom is 0.224 e. The van der Waals surface area contributed by atoms with E-state index in [0.29, 0.717) is 18.7 Å². The first-order valence-electron chi connectivity index (χ1n) is 3.72. The Morgan fingerprint density at radius 1 is 1.50 bits per heavy atom. The summed E-state index contributed by atoms with van der Waals surface area (Å²) in [6, 6.07) is 1.72. The number of aromatic nitrogens is 1. The van der Waals surface area contributed by atoms with Crippen molar-refractivity contribution in [2.24, 2.45) is 0 Å². The summed E-state index contributed by atoms with van der Waals surface area (Å²) in [7, 11) is 0. The van der Waals surface area contributed by atoms with Gasteiger partial charge >= 0.3 is 0 Å². The van der Waals surface area contributed by atoms with Gasteiger partial charge in [0.05, 0.1) is 18.7 Å². The molecule has 0 bridgehead atoms. The molecular weight excluding hydrogens is 156 g/mol. The third-order valence-corrected chi connectivity index (χ3v) is 1.95. The van der Waals surface area contributed by atoms with E-state index >= 15 is 0 Å². The fourth-order valence-corrected chi connectivity index (χ4v) is 1.37. The Morgan fingerprint density at radius 2 is 2.33 bits per heavy atom. The molecule has 1 aliphatic heterocycles. The molecule has 0 radical (unpaired) electrons. The van der Waals surface area contributed by atoms with E-state index in [1.165, 1.54) is 0 Å². The van der Waals surface area contributed by atoms with Gasteiger partial charge in [0.1, 0.15) is 0 Å². The summed E-state index contributed by atoms with van der Waals surface area (Å²) in [6.07, 6.45) is 1.13. The lowest BCUT2D eigenvalue weighted by atomic mass is 10.1. The summed E-state index contributed by atoms with van der Waals surface area (Å²) >= 11 is 0. The van der Waals surface area contributed by atoms with Gasteiger partial charge in [0.2, 0.25) is 5.91 Å². The van der Waals surface area contributed by atoms with Crippen LogP contribution < -0.4 is 5.32 Å². The predicted molar refractivity (Wildman–Crippen MR) is 41.7 cm³/mol. The highest BCUT2D eigenvalue weighted by Gasteiger charge is 2.16. The molecule has 1 aromatic heterocycles. The number of fused-ring (bicyclic) bond motifs is 1. The normalized spacial score (nSPS) is 15.2. The van der Waals surface area contributed by atoms with E-state index in [2.05, 4.69) is 10.3 Å². The molecule has 2 N–H and O–H groups in total. The standard InChI is InChI=1S/C8H8N2O2/c11-4-6-1-5-2-8(12)9-3-7(5)10-6/h1,4,10H,2-3H2,(H,9,12). The number of carbonyl (C=O) groups is 2. The summed E-state index contributed by atoms with van der Waals surface area (Å²) in [5.41, 5.74) is 2.41. The number of nitrogens with one attached hydrogen (secondary N) is 2. The predicted octanol–water partition coefficient (Wildman–Crippen LogP) is -0.000500. The Labute approximate surface area is 69.0 Å². The number of aldehydes is 1. The van der Waals surface area contributed by atoms with Crippen molar-refractivity contribution in [1.82, 2.24) is 10.3 Å². The number of carbonyl (C=O) groups excluding carboxylic acids is 2. The van der Waals surface area contributed by atoms with Crippen LogP contribution in [0.2, 0.25) is 0 Å². The topological polar surface area (TPSA) is 62.0 Å². The maximum atomic E-state index is 10.9. The Bertz CT molecular complexity index is 341. The van der Waals surface area contributed by atoms with E-state index in [0.717, 1.165) is 17.5 Å². The van der Waals surface area contributed by atoms with Crippen molar-refractivity contribution in [2.45, 2.75) is 13.0 Å². The Hall–Kier alpha value is -1.58. The number of rotatable bonds is 1. The molecule has 2 rings (SSSR count). The smallest absolute Gasteiger partial charge is 0.224 e. The van der Waals surface area contributed by atoms with Crippen LogP contribution in [0.3, 0.4) is 0 Å². The molecule has 0 spiro atoms. The molecule has 4 heteroatoms. The Balaban J connectivity index is 2.40. The average Bonchev–Trinajstić information content (AvgIpc) is 2.46. The van der Waals surface area contributed by atoms with E-state index in [4.69, 9.17) is 0 Å². The zero-order valence-electron chi connectivity index (χ0n) is 6.39. The van der Waals surface area contributed by atoms with Crippen molar-refractivity contribution >= 4 is 12.2 Å². The minimum Gasteiger partial charge on any atom is -0.355 e. The fraction of sp³-hybridized carbons (Fsp3) is 0.250. The van der Waals surface area contributed by atoms with E-state index < -0.39 is 0 Å². The van der Waals surface area contributed by atoms with Crippen LogP contribution in [0, 0.1) is 0 Å². The zero-order chi connectivity index (χ0) is 8.55. The van der Waals surface area contributed by atoms with Crippen LogP contribution in [0.4, 0.5) is 0 Å². The minimum absolute atomic E-state index is 0.0129. The summed E-state index contributed by atoms with van der Waals surface area (Å²) in [5.74, 6) is 0.0129. The van der Waals surface area contributed by atoms with Crippen molar-refractivity contribution in [1.29, 1.82) is 0 Å². The van der Waals surface area contributed by atoms with Gasteiger partial charge < -0.3 is 10.3 Å². The van der Waals surface area contributed by atoms with E-state index in [1.54, 1.807) is 6.07 Å². The molecule has 0 atom stereocenters. The van der Waals surface area contributed by atoms with Crippen molar-refractivity contribution < 1.29 is 9.59 Å². The first-order valence-corrected chi connectivity index (χ1v) is 3.72. The molecule has 2 heterocycles. The second kappa shape index (κ2) is 2.48. The maximum absolute atomic E-state index is 10.9. The summed E-state index contributed by atoms with van der Waals surface area (Å²) in [4.78, 5) is 24.2. The van der Waals surface area contributed by atoms with Crippen molar-refractivity contribution in [2.75, 3.05) is 0 Å². The van der Waals surface area contributed by atoms with Gasteiger partial charge in [-0.25, -0.2) is 0 Å². The molecule has 0 unspecified atom stereocenters. The van der Waals surface area contributed by atoms with Gasteiger partial charge in [0.15, 0.2) is 6.29 Å². The SMILES string of the molecule is O=Cc1cc2c([nH]1)CNC(=O)C2. The quantitative estimate of drug-likeness (QED) is 0.574. The Morgan fingerprint density at radius 3 is 3.08 bits per heavy atom. The molecule has 0 saturated carbocycles. The van der Waals surface area contributed by atoms with Crippen molar-refractivity contribution in [3.63, 3.8) is 0 Å². The molecule has 1 aliphatic rings. The van der Waals surface area contributed by atoms with Crippen LogP contribution in [0.5, 0.6) is 0 Å². The molecular formula is C8H8N2O2. The lowest BCUT2D eigenvalue weighted by Gasteiger charge is -2.11. The van der Waals surface area contributed by atoms with Gasteiger partial charge in [0, 0.05) is 5.69 Å². The van der Waals surface area contributed by atoms with Gasteiger partial charge in [-0.3, -0.25) is 9.59 Å². The molecule has 1 amide bonds. The molecule has 0 saturated heterocycles. The molecule has 0 fully saturated rings. The second-order valence-corrected chi connectivity index (χ2v) is 2.80. The van der Waals surface area contributed by atoms with Gasteiger partial charge in [-0.1, -0.05) is 0 Å². The first-order chi connectivity index (χ1) is 5.79. The molecule has 0 aliphatic carbocycles. The number of hydrogen-bond acceptors (Lipinski definition) is 2. The molecule has 4 nitrogen and oxygen atoms in total. The monoisotopic (exact) mass is 164 g/mol. The van der Waals surface area contributed by atoms with E-state index in [1.807, 2.05) is 0 Å². The molecule has 62 valence electrons. The van der Waals surface area contributed by atoms with Gasteiger partial charge in [-0.15, -0.1) is 0 Å². The highest BCUT2D eigenvalue weighted by atomic mass is 16.1. The highest BCUT2D eigenvalue weighted by molar-refractivity contribution is 5.82. The average molecular weight is 164 g/mol. The lowest BCUT2D eigenvalue weighted by molar-refractivity contribution is -0.121. The summed E-state index contributed by atoms with van der Waals surface area (Å²) < 4.78 is 0. The third-order valence-electron chi connectivity index (χ3n) is 1.95. The first kappa shape index (κ1) is 7.09. The second-order valence-electron chi connectivity index (χ2n) is 2.80. The van der Waals surface area contributed by atoms with Crippen LogP contribution in [0.15, 0.2) is 6.07 Å². The van der Waals surface area contributed by atoms with Crippen molar-refractivity contribution in [3.05, 3.63) is 23.0 Å². The third kappa shape index (κ3) is 1.01. The minimum atomic E-state index is 0.0129. The molecule has 0 aromatic carbocycles. The van der Waals surface area contributed by atoms with Crippen LogP contribution in [0.1, 0.15) is 21.7 Å². The largest absolute Gasteiger partial charge is 0.355 e. The van der Waals surface area contributed by atoms with Gasteiger partial charge in [0.25, 0.3) is 0 Å². The van der Waals surface area contributed by atoms with E-state index in [9.17, 15) is 9.59 Å². The number of hydrogen-bond donors (Lipinski definition) is 2. The van der Waals surface area contributed by atoms with Crippen molar-refractivity contribution in [3.8, 4) is 0 Å². The van der Waals surface area contributed by atoms with Gasteiger partial charge in [-0.2, -0.15) is 0 Å². The van der Waals surface area contributed by atoms with Crippen LogP contribution >= 0.6 is 0 Å². The number of aromatic amines is 1. The lowest BCUT2D eigenvalue weighted by Crippen LogP contribution is -2.29.